The first kappa shape index (κ1) is 10.2. The Kier molecular flexibility index (Phi) is 4.60. The van der Waals surface area contributed by atoms with Crippen LogP contribution in [0, 0.1) is 5.92 Å². The number of hydrogen-bond donors (Lipinski definition) is 0. The molecule has 0 aliphatic carbocycles. The van der Waals surface area contributed by atoms with Gasteiger partial charge < -0.3 is 0 Å². The molecule has 0 bridgehead atoms. The molecule has 0 aromatic heterocycles. The van der Waals surface area contributed by atoms with Gasteiger partial charge in [0, 0.05) is 0 Å². The number of allylic oxidation sites excluding steroid dienone is 5. The number of rotatable bonds is 3. The van der Waals surface area contributed by atoms with E-state index >= 15 is 0 Å². The summed E-state index contributed by atoms with van der Waals surface area (Å²) < 4.78 is 0. The predicted octanol–water partition coefficient (Wildman–Crippen LogP) is 3.72. The Morgan fingerprint density at radius 1 is 1.18 bits per heavy atom. The van der Waals surface area contributed by atoms with Crippen LogP contribution in [0.1, 0.15) is 27.7 Å². The Balaban J connectivity index is 4.64. The smallest absolute Gasteiger partial charge is 0.0216 e. The van der Waals surface area contributed by atoms with Crippen LogP contribution in [-0.4, -0.2) is 0 Å². The van der Waals surface area contributed by atoms with Gasteiger partial charge in [0.2, 0.25) is 0 Å². The van der Waals surface area contributed by atoms with E-state index in [9.17, 15) is 0 Å². The summed E-state index contributed by atoms with van der Waals surface area (Å²) in [6.07, 6.45) is 6.17. The molecule has 0 aliphatic heterocycles. The zero-order valence-electron chi connectivity index (χ0n) is 8.02. The summed E-state index contributed by atoms with van der Waals surface area (Å²) in [5, 5.41) is 0. The second-order valence-electron chi connectivity index (χ2n) is 2.85. The van der Waals surface area contributed by atoms with E-state index in [1.807, 2.05) is 13.0 Å². The molecule has 0 saturated heterocycles. The van der Waals surface area contributed by atoms with E-state index in [2.05, 4.69) is 39.5 Å². The number of hydrogen-bond acceptors (Lipinski definition) is 0. The Morgan fingerprint density at radius 3 is 1.82 bits per heavy atom. The molecule has 0 unspecified atom stereocenters. The van der Waals surface area contributed by atoms with E-state index in [1.165, 1.54) is 11.1 Å². The molecule has 0 radical (unpaired) electrons. The highest BCUT2D eigenvalue weighted by Crippen LogP contribution is 2.19. The van der Waals surface area contributed by atoms with Gasteiger partial charge in [0.1, 0.15) is 0 Å². The molecule has 0 amide bonds. The van der Waals surface area contributed by atoms with Crippen LogP contribution in [-0.2, 0) is 0 Å². The summed E-state index contributed by atoms with van der Waals surface area (Å²) in [5.74, 6) is 0.587. The third kappa shape index (κ3) is 2.75. The van der Waals surface area contributed by atoms with E-state index in [0.717, 1.165) is 0 Å². The lowest BCUT2D eigenvalue weighted by molar-refractivity contribution is 0.780. The first-order valence-corrected chi connectivity index (χ1v) is 4.12. The van der Waals surface area contributed by atoms with E-state index in [4.69, 9.17) is 0 Å². The van der Waals surface area contributed by atoms with Crippen LogP contribution in [0.5, 0.6) is 0 Å². The van der Waals surface area contributed by atoms with Crippen molar-refractivity contribution in [2.24, 2.45) is 5.92 Å². The molecule has 0 saturated carbocycles. The van der Waals surface area contributed by atoms with Crippen molar-refractivity contribution in [3.63, 3.8) is 0 Å². The molecule has 0 heteroatoms. The van der Waals surface area contributed by atoms with Crippen LogP contribution in [0.2, 0.25) is 0 Å². The Hall–Kier alpha value is -0.780. The maximum atomic E-state index is 3.77. The van der Waals surface area contributed by atoms with Crippen molar-refractivity contribution in [1.29, 1.82) is 0 Å². The van der Waals surface area contributed by atoms with Crippen molar-refractivity contribution in [2.45, 2.75) is 27.7 Å². The molecular weight excluding hydrogens is 132 g/mol. The molecule has 0 atom stereocenters. The zero-order valence-corrected chi connectivity index (χ0v) is 8.02. The van der Waals surface area contributed by atoms with Gasteiger partial charge in [0.25, 0.3) is 0 Å². The van der Waals surface area contributed by atoms with Crippen molar-refractivity contribution in [3.8, 4) is 0 Å². The highest BCUT2D eigenvalue weighted by molar-refractivity contribution is 5.38. The monoisotopic (exact) mass is 150 g/mol. The lowest BCUT2D eigenvalue weighted by atomic mass is 9.95. The molecule has 0 heterocycles. The van der Waals surface area contributed by atoms with E-state index < -0.39 is 0 Å². The SMILES string of the molecule is C=CC(=C/C)/C(=C\C)C(C)C. The van der Waals surface area contributed by atoms with Gasteiger partial charge in [-0.15, -0.1) is 0 Å². The lowest BCUT2D eigenvalue weighted by Crippen LogP contribution is -1.95. The Bertz CT molecular complexity index is 180. The van der Waals surface area contributed by atoms with E-state index in [0.29, 0.717) is 5.92 Å². The van der Waals surface area contributed by atoms with Crippen molar-refractivity contribution < 1.29 is 0 Å². The summed E-state index contributed by atoms with van der Waals surface area (Å²) in [7, 11) is 0. The van der Waals surface area contributed by atoms with Gasteiger partial charge in [0.05, 0.1) is 0 Å². The first-order valence-electron chi connectivity index (χ1n) is 4.12. The van der Waals surface area contributed by atoms with E-state index in [-0.39, 0.29) is 0 Å². The fourth-order valence-electron chi connectivity index (χ4n) is 1.24. The average Bonchev–Trinajstić information content (AvgIpc) is 1.99. The van der Waals surface area contributed by atoms with Crippen LogP contribution in [0.4, 0.5) is 0 Å². The van der Waals surface area contributed by atoms with Crippen LogP contribution in [0.15, 0.2) is 36.0 Å². The lowest BCUT2D eigenvalue weighted by Gasteiger charge is -2.10. The molecule has 0 rings (SSSR count). The maximum absolute atomic E-state index is 3.77. The first-order chi connectivity index (χ1) is 5.17. The van der Waals surface area contributed by atoms with Gasteiger partial charge in [-0.3, -0.25) is 0 Å². The highest BCUT2D eigenvalue weighted by Gasteiger charge is 2.03. The van der Waals surface area contributed by atoms with Crippen molar-refractivity contribution >= 4 is 0 Å². The summed E-state index contributed by atoms with van der Waals surface area (Å²) >= 11 is 0. The van der Waals surface area contributed by atoms with Gasteiger partial charge in [-0.05, 0) is 30.9 Å². The molecule has 0 aromatic rings. The van der Waals surface area contributed by atoms with Gasteiger partial charge in [0.15, 0.2) is 0 Å². The standard InChI is InChI=1S/C11H18/c1-6-10(7-2)11(8-3)9(4)5/h6-9H,1H2,2-5H3/b10-7-,11-8-. The van der Waals surface area contributed by atoms with Crippen LogP contribution in [0.25, 0.3) is 0 Å². The molecule has 0 aromatic carbocycles. The fourth-order valence-corrected chi connectivity index (χ4v) is 1.24. The summed E-state index contributed by atoms with van der Waals surface area (Å²) in [6, 6.07) is 0. The minimum absolute atomic E-state index is 0.587. The van der Waals surface area contributed by atoms with Crippen molar-refractivity contribution in [2.75, 3.05) is 0 Å². The average molecular weight is 150 g/mol. The molecule has 0 nitrogen and oxygen atoms in total. The Morgan fingerprint density at radius 2 is 1.73 bits per heavy atom. The third-order valence-corrected chi connectivity index (χ3v) is 1.80. The molecule has 0 spiro atoms. The van der Waals surface area contributed by atoms with Crippen molar-refractivity contribution in [1.82, 2.24) is 0 Å². The van der Waals surface area contributed by atoms with Gasteiger partial charge >= 0.3 is 0 Å². The molecule has 0 N–H and O–H groups in total. The van der Waals surface area contributed by atoms with Crippen LogP contribution >= 0.6 is 0 Å². The summed E-state index contributed by atoms with van der Waals surface area (Å²) in [6.45, 7) is 12.3. The molecule has 0 fully saturated rings. The second kappa shape index (κ2) is 4.95. The minimum atomic E-state index is 0.587. The van der Waals surface area contributed by atoms with Gasteiger partial charge in [-0.2, -0.15) is 0 Å². The quantitative estimate of drug-likeness (QED) is 0.538. The molecular formula is C11H18. The fraction of sp³-hybridized carbons (Fsp3) is 0.455. The van der Waals surface area contributed by atoms with Crippen molar-refractivity contribution in [3.05, 3.63) is 36.0 Å². The molecule has 62 valence electrons. The summed E-state index contributed by atoms with van der Waals surface area (Å²) in [5.41, 5.74) is 2.63. The highest BCUT2D eigenvalue weighted by atomic mass is 14.1. The van der Waals surface area contributed by atoms with Crippen LogP contribution < -0.4 is 0 Å². The van der Waals surface area contributed by atoms with Gasteiger partial charge in [-0.25, -0.2) is 0 Å². The second-order valence-corrected chi connectivity index (χ2v) is 2.85. The molecule has 0 aliphatic rings. The zero-order chi connectivity index (χ0) is 8.85. The maximum Gasteiger partial charge on any atom is -0.0216 e. The predicted molar refractivity (Wildman–Crippen MR) is 52.5 cm³/mol. The van der Waals surface area contributed by atoms with E-state index in [1.54, 1.807) is 0 Å². The largest absolute Gasteiger partial charge is 0.0985 e. The molecule has 11 heavy (non-hydrogen) atoms. The normalized spacial score (nSPS) is 13.9. The Labute approximate surface area is 70.3 Å². The third-order valence-electron chi connectivity index (χ3n) is 1.80. The van der Waals surface area contributed by atoms with Crippen LogP contribution in [0.3, 0.4) is 0 Å². The minimum Gasteiger partial charge on any atom is -0.0985 e. The van der Waals surface area contributed by atoms with Gasteiger partial charge in [-0.1, -0.05) is 38.7 Å². The summed E-state index contributed by atoms with van der Waals surface area (Å²) in [4.78, 5) is 0. The topological polar surface area (TPSA) is 0 Å².